The van der Waals surface area contributed by atoms with Crippen LogP contribution in [0.15, 0.2) is 35.4 Å². The molecule has 12 heteroatoms. The van der Waals surface area contributed by atoms with Crippen LogP contribution in [0, 0.1) is 22.7 Å². The highest BCUT2D eigenvalue weighted by Gasteiger charge is 2.18. The van der Waals surface area contributed by atoms with Crippen LogP contribution in [0.25, 0.3) is 12.2 Å². The van der Waals surface area contributed by atoms with Crippen molar-refractivity contribution in [3.63, 3.8) is 0 Å². The molecule has 210 valence electrons. The van der Waals surface area contributed by atoms with Crippen LogP contribution in [0.4, 0.5) is 0 Å². The molecule has 0 aromatic heterocycles. The summed E-state index contributed by atoms with van der Waals surface area (Å²) in [5, 5.41) is 63.5. The van der Waals surface area contributed by atoms with E-state index in [2.05, 4.69) is 10.6 Å². The molecule has 0 spiro atoms. The zero-order valence-electron chi connectivity index (χ0n) is 22.2. The number of benzene rings is 2. The normalized spacial score (nSPS) is 12.0. The lowest BCUT2D eigenvalue weighted by molar-refractivity contribution is -0.117. The highest BCUT2D eigenvalue weighted by molar-refractivity contribution is 6.02. The van der Waals surface area contributed by atoms with Crippen LogP contribution in [0.3, 0.4) is 0 Å². The van der Waals surface area contributed by atoms with Gasteiger partial charge in [-0.3, -0.25) is 9.59 Å². The summed E-state index contributed by atoms with van der Waals surface area (Å²) >= 11 is 0. The van der Waals surface area contributed by atoms with E-state index in [-0.39, 0.29) is 40.3 Å². The first kappa shape index (κ1) is 30.9. The Morgan fingerprint density at radius 1 is 0.850 bits per heavy atom. The number of hydrogen-bond acceptors (Lipinski definition) is 10. The number of carbonyl (C=O) groups excluding carboxylic acids is 2. The first-order valence-corrected chi connectivity index (χ1v) is 12.1. The number of nitrogens with zero attached hydrogens (tertiary/aromatic N) is 2. The zero-order chi connectivity index (χ0) is 29.8. The van der Waals surface area contributed by atoms with Crippen LogP contribution >= 0.6 is 0 Å². The van der Waals surface area contributed by atoms with Gasteiger partial charge in [-0.25, -0.2) is 0 Å². The monoisotopic (exact) mass is 550 g/mol. The molecule has 1 atom stereocenters. The molecule has 2 amide bonds. The zero-order valence-corrected chi connectivity index (χ0v) is 22.2. The minimum atomic E-state index is -0.686. The number of rotatable bonds is 12. The van der Waals surface area contributed by atoms with Crippen LogP contribution < -0.4 is 20.1 Å². The van der Waals surface area contributed by atoms with E-state index in [4.69, 9.17) is 9.47 Å². The molecule has 0 aliphatic heterocycles. The number of nitriles is 2. The van der Waals surface area contributed by atoms with Crippen LogP contribution in [0.1, 0.15) is 37.3 Å². The number of phenols is 4. The second kappa shape index (κ2) is 14.5. The standard InChI is InChI=1S/C28H30N4O8/c1-4-5-20(32-28(38)19(15-30)9-17-11-22(34)26(36)24(13-17)40-3)6-7-31-27(37)18(14-29)8-16-10-21(33)25(35)23(12-16)39-2/h8-13,20,33-36H,4-7H2,1-3H3,(H,31,37)(H,32,38)/b18-8+,19-9+. The van der Waals surface area contributed by atoms with Crippen LogP contribution in [0.2, 0.25) is 0 Å². The molecule has 1 unspecified atom stereocenters. The summed E-state index contributed by atoms with van der Waals surface area (Å²) in [6.07, 6.45) is 4.00. The van der Waals surface area contributed by atoms with Crippen molar-refractivity contribution in [1.82, 2.24) is 10.6 Å². The fourth-order valence-electron chi connectivity index (χ4n) is 3.69. The van der Waals surface area contributed by atoms with Crippen molar-refractivity contribution in [2.24, 2.45) is 0 Å². The molecular formula is C28H30N4O8. The summed E-state index contributed by atoms with van der Waals surface area (Å²) in [4.78, 5) is 25.4. The minimum absolute atomic E-state index is 0.0318. The quantitative estimate of drug-likeness (QED) is 0.129. The molecule has 2 rings (SSSR count). The van der Waals surface area contributed by atoms with Gasteiger partial charge in [0, 0.05) is 12.6 Å². The van der Waals surface area contributed by atoms with E-state index in [1.54, 1.807) is 6.07 Å². The van der Waals surface area contributed by atoms with E-state index in [1.165, 1.54) is 50.6 Å². The summed E-state index contributed by atoms with van der Waals surface area (Å²) < 4.78 is 9.93. The van der Waals surface area contributed by atoms with Crippen molar-refractivity contribution in [2.75, 3.05) is 20.8 Å². The fourth-order valence-corrected chi connectivity index (χ4v) is 3.69. The lowest BCUT2D eigenvalue weighted by Gasteiger charge is -2.18. The summed E-state index contributed by atoms with van der Waals surface area (Å²) in [6, 6.07) is 8.24. The topological polar surface area (TPSA) is 205 Å². The summed E-state index contributed by atoms with van der Waals surface area (Å²) in [6.45, 7) is 2.00. The third-order valence-corrected chi connectivity index (χ3v) is 5.70. The highest BCUT2D eigenvalue weighted by Crippen LogP contribution is 2.37. The van der Waals surface area contributed by atoms with Gasteiger partial charge < -0.3 is 40.5 Å². The van der Waals surface area contributed by atoms with Crippen molar-refractivity contribution in [3.8, 4) is 46.6 Å². The van der Waals surface area contributed by atoms with Crippen LogP contribution in [-0.4, -0.2) is 59.0 Å². The van der Waals surface area contributed by atoms with Crippen molar-refractivity contribution in [3.05, 3.63) is 46.5 Å². The Bertz CT molecular complexity index is 1400. The van der Waals surface area contributed by atoms with E-state index in [1.807, 2.05) is 13.0 Å². The van der Waals surface area contributed by atoms with Gasteiger partial charge in [-0.05, 0) is 60.4 Å². The van der Waals surface area contributed by atoms with Gasteiger partial charge >= 0.3 is 0 Å². The second-order valence-corrected chi connectivity index (χ2v) is 8.53. The number of phenolic OH excluding ortho intramolecular Hbond substituents is 4. The summed E-state index contributed by atoms with van der Waals surface area (Å²) in [5.74, 6) is -3.31. The molecule has 12 nitrogen and oxygen atoms in total. The van der Waals surface area contributed by atoms with E-state index in [0.29, 0.717) is 19.3 Å². The van der Waals surface area contributed by atoms with E-state index in [9.17, 15) is 40.5 Å². The van der Waals surface area contributed by atoms with Gasteiger partial charge in [-0.15, -0.1) is 0 Å². The lowest BCUT2D eigenvalue weighted by atomic mass is 10.1. The maximum Gasteiger partial charge on any atom is 0.262 e. The van der Waals surface area contributed by atoms with Crippen molar-refractivity contribution >= 4 is 24.0 Å². The largest absolute Gasteiger partial charge is 0.504 e. The summed E-state index contributed by atoms with van der Waals surface area (Å²) in [5.41, 5.74) is 0.00367. The molecule has 0 saturated heterocycles. The van der Waals surface area contributed by atoms with Gasteiger partial charge in [-0.2, -0.15) is 10.5 Å². The molecule has 6 N–H and O–H groups in total. The molecule has 0 saturated carbocycles. The molecular weight excluding hydrogens is 520 g/mol. The number of ether oxygens (including phenoxy) is 2. The Hall–Kier alpha value is -5.36. The molecule has 2 aromatic rings. The van der Waals surface area contributed by atoms with Gasteiger partial charge in [0.05, 0.1) is 14.2 Å². The van der Waals surface area contributed by atoms with Gasteiger partial charge in [0.25, 0.3) is 11.8 Å². The average molecular weight is 551 g/mol. The van der Waals surface area contributed by atoms with Crippen molar-refractivity contribution < 1.29 is 39.5 Å². The predicted octanol–water partition coefficient (Wildman–Crippen LogP) is 2.83. The molecule has 0 heterocycles. The average Bonchev–Trinajstić information content (AvgIpc) is 2.93. The molecule has 0 aliphatic carbocycles. The fraction of sp³-hybridized carbons (Fsp3) is 0.286. The number of aromatic hydroxyl groups is 4. The molecule has 2 aromatic carbocycles. The third kappa shape index (κ3) is 8.07. The van der Waals surface area contributed by atoms with Crippen molar-refractivity contribution in [1.29, 1.82) is 10.5 Å². The number of amides is 2. The van der Waals surface area contributed by atoms with E-state index >= 15 is 0 Å². The first-order chi connectivity index (χ1) is 19.1. The van der Waals surface area contributed by atoms with Crippen molar-refractivity contribution in [2.45, 2.75) is 32.2 Å². The van der Waals surface area contributed by atoms with Gasteiger partial charge in [0.2, 0.25) is 11.5 Å². The number of carbonyl (C=O) groups is 2. The minimum Gasteiger partial charge on any atom is -0.504 e. The lowest BCUT2D eigenvalue weighted by Crippen LogP contribution is -2.38. The van der Waals surface area contributed by atoms with E-state index in [0.717, 1.165) is 0 Å². The maximum atomic E-state index is 12.8. The Morgan fingerprint density at radius 3 is 1.75 bits per heavy atom. The highest BCUT2D eigenvalue weighted by atomic mass is 16.5. The van der Waals surface area contributed by atoms with Crippen LogP contribution in [-0.2, 0) is 9.59 Å². The molecule has 0 radical (unpaired) electrons. The van der Waals surface area contributed by atoms with E-state index < -0.39 is 40.9 Å². The molecule has 0 fully saturated rings. The summed E-state index contributed by atoms with van der Waals surface area (Å²) in [7, 11) is 2.58. The molecule has 40 heavy (non-hydrogen) atoms. The third-order valence-electron chi connectivity index (χ3n) is 5.70. The SMILES string of the molecule is CCCC(CCNC(=O)/C(C#N)=C/c1cc(O)c(O)c(OC)c1)NC(=O)/C(C#N)=C/c1cc(O)c(O)c(OC)c1. The second-order valence-electron chi connectivity index (χ2n) is 8.53. The maximum absolute atomic E-state index is 12.8. The Balaban J connectivity index is 2.09. The predicted molar refractivity (Wildman–Crippen MR) is 144 cm³/mol. The van der Waals surface area contributed by atoms with Gasteiger partial charge in [-0.1, -0.05) is 13.3 Å². The first-order valence-electron chi connectivity index (χ1n) is 12.1. The number of nitrogens with one attached hydrogen (secondary N) is 2. The number of methoxy groups -OCH3 is 2. The molecule has 0 aliphatic rings. The Labute approximate surface area is 231 Å². The smallest absolute Gasteiger partial charge is 0.262 e. The number of hydrogen-bond donors (Lipinski definition) is 6. The Kier molecular flexibility index (Phi) is 11.2. The Morgan fingerprint density at radius 2 is 1.32 bits per heavy atom. The molecule has 0 bridgehead atoms. The van der Waals surface area contributed by atoms with Crippen LogP contribution in [0.5, 0.6) is 34.5 Å². The van der Waals surface area contributed by atoms with Gasteiger partial charge in [0.15, 0.2) is 23.0 Å². The van der Waals surface area contributed by atoms with Gasteiger partial charge in [0.1, 0.15) is 23.3 Å².